The summed E-state index contributed by atoms with van der Waals surface area (Å²) in [5.41, 5.74) is 3.41. The number of nitrogens with zero attached hydrogens (tertiary/aromatic N) is 2. The molecule has 1 heterocycles. The van der Waals surface area contributed by atoms with Gasteiger partial charge in [0.1, 0.15) is 11.6 Å². The van der Waals surface area contributed by atoms with E-state index in [1.54, 1.807) is 12.2 Å². The van der Waals surface area contributed by atoms with Crippen LogP contribution >= 0.6 is 0 Å². The first-order valence-corrected chi connectivity index (χ1v) is 11.2. The molecule has 164 valence electrons. The zero-order chi connectivity index (χ0) is 22.1. The van der Waals surface area contributed by atoms with Crippen LogP contribution in [0.2, 0.25) is 0 Å². The lowest BCUT2D eigenvalue weighted by Gasteiger charge is -2.14. The molecular formula is C26H33N3O2. The summed E-state index contributed by atoms with van der Waals surface area (Å²) in [4.78, 5) is 16.4. The van der Waals surface area contributed by atoms with E-state index in [0.29, 0.717) is 19.1 Å². The Morgan fingerprint density at radius 3 is 2.71 bits per heavy atom. The summed E-state index contributed by atoms with van der Waals surface area (Å²) in [5, 5.41) is 2.91. The van der Waals surface area contributed by atoms with Crippen LogP contribution in [-0.4, -0.2) is 28.6 Å². The van der Waals surface area contributed by atoms with E-state index in [1.807, 2.05) is 19.1 Å². The van der Waals surface area contributed by atoms with Crippen LogP contribution in [0.15, 0.2) is 60.7 Å². The molecule has 0 saturated heterocycles. The van der Waals surface area contributed by atoms with Gasteiger partial charge in [-0.15, -0.1) is 0 Å². The van der Waals surface area contributed by atoms with E-state index in [1.165, 1.54) is 5.56 Å². The number of amides is 1. The summed E-state index contributed by atoms with van der Waals surface area (Å²) in [6.45, 7) is 8.37. The van der Waals surface area contributed by atoms with Crippen LogP contribution in [0.25, 0.3) is 11.0 Å². The molecule has 5 heteroatoms. The SMILES string of the molecule is C/C=C\C(=O)NCCCc1nc2ccccc2n1CCCOc1ccccc1C(C)C. The van der Waals surface area contributed by atoms with Gasteiger partial charge in [0, 0.05) is 19.5 Å². The van der Waals surface area contributed by atoms with Crippen molar-refractivity contribution in [3.63, 3.8) is 0 Å². The molecule has 5 nitrogen and oxygen atoms in total. The maximum atomic E-state index is 11.6. The van der Waals surface area contributed by atoms with Crippen molar-refractivity contribution in [2.24, 2.45) is 0 Å². The van der Waals surface area contributed by atoms with Crippen LogP contribution < -0.4 is 10.1 Å². The Labute approximate surface area is 185 Å². The molecule has 0 atom stereocenters. The molecule has 1 N–H and O–H groups in total. The number of imidazole rings is 1. The number of fused-ring (bicyclic) bond motifs is 1. The predicted molar refractivity (Wildman–Crippen MR) is 127 cm³/mol. The fourth-order valence-corrected chi connectivity index (χ4v) is 3.73. The fraction of sp³-hybridized carbons (Fsp3) is 0.385. The van der Waals surface area contributed by atoms with Gasteiger partial charge in [-0.05, 0) is 55.5 Å². The van der Waals surface area contributed by atoms with Gasteiger partial charge < -0.3 is 14.6 Å². The van der Waals surface area contributed by atoms with Gasteiger partial charge in [0.15, 0.2) is 0 Å². The van der Waals surface area contributed by atoms with Crippen molar-refractivity contribution >= 4 is 16.9 Å². The second kappa shape index (κ2) is 11.3. The minimum atomic E-state index is -0.0465. The average Bonchev–Trinajstić information content (AvgIpc) is 3.12. The highest BCUT2D eigenvalue weighted by Crippen LogP contribution is 2.26. The summed E-state index contributed by atoms with van der Waals surface area (Å²) in [5.74, 6) is 2.43. The Balaban J connectivity index is 1.60. The van der Waals surface area contributed by atoms with Crippen LogP contribution in [0.3, 0.4) is 0 Å². The molecule has 0 bridgehead atoms. The molecule has 0 radical (unpaired) electrons. The Bertz CT molecular complexity index is 1020. The smallest absolute Gasteiger partial charge is 0.243 e. The van der Waals surface area contributed by atoms with Crippen molar-refractivity contribution in [1.29, 1.82) is 0 Å². The number of aryl methyl sites for hydroxylation is 2. The number of aromatic nitrogens is 2. The molecule has 1 aromatic heterocycles. The summed E-state index contributed by atoms with van der Waals surface area (Å²) < 4.78 is 8.40. The molecule has 0 aliphatic rings. The number of para-hydroxylation sites is 3. The van der Waals surface area contributed by atoms with Gasteiger partial charge in [-0.3, -0.25) is 4.79 Å². The topological polar surface area (TPSA) is 56.2 Å². The van der Waals surface area contributed by atoms with E-state index in [2.05, 4.69) is 60.1 Å². The number of nitrogens with one attached hydrogen (secondary N) is 1. The molecule has 3 rings (SSSR count). The Hall–Kier alpha value is -3.08. The number of carbonyl (C=O) groups is 1. The zero-order valence-electron chi connectivity index (χ0n) is 18.8. The van der Waals surface area contributed by atoms with Gasteiger partial charge in [0.05, 0.1) is 17.6 Å². The Kier molecular flexibility index (Phi) is 8.27. The summed E-state index contributed by atoms with van der Waals surface area (Å²) in [6, 6.07) is 16.5. The number of carbonyl (C=O) groups excluding carboxylic acids is 1. The Morgan fingerprint density at radius 1 is 1.13 bits per heavy atom. The van der Waals surface area contributed by atoms with E-state index in [4.69, 9.17) is 9.72 Å². The van der Waals surface area contributed by atoms with Crippen molar-refractivity contribution in [1.82, 2.24) is 14.9 Å². The number of benzene rings is 2. The lowest BCUT2D eigenvalue weighted by molar-refractivity contribution is -0.116. The number of allylic oxidation sites excluding steroid dienone is 1. The standard InChI is InChI=1S/C26H33N3O2/c1-4-11-26(30)27-17-9-16-25-28-22-13-6-7-14-23(22)29(25)18-10-19-31-24-15-8-5-12-21(24)20(2)3/h4-8,11-15,20H,9-10,16-19H2,1-3H3,(H,27,30)/b11-4-. The molecule has 0 aliphatic heterocycles. The predicted octanol–water partition coefficient (Wildman–Crippen LogP) is 5.25. The molecule has 1 amide bonds. The molecule has 0 aliphatic carbocycles. The first-order chi connectivity index (χ1) is 15.1. The molecule has 3 aromatic rings. The summed E-state index contributed by atoms with van der Waals surface area (Å²) >= 11 is 0. The maximum Gasteiger partial charge on any atom is 0.243 e. The molecule has 31 heavy (non-hydrogen) atoms. The maximum absolute atomic E-state index is 11.6. The summed E-state index contributed by atoms with van der Waals surface area (Å²) in [6.07, 6.45) is 5.87. The van der Waals surface area contributed by atoms with E-state index >= 15 is 0 Å². The highest BCUT2D eigenvalue weighted by Gasteiger charge is 2.11. The summed E-state index contributed by atoms with van der Waals surface area (Å²) in [7, 11) is 0. The van der Waals surface area contributed by atoms with Gasteiger partial charge in [-0.25, -0.2) is 4.98 Å². The van der Waals surface area contributed by atoms with Crippen LogP contribution in [0, 0.1) is 0 Å². The fourth-order valence-electron chi connectivity index (χ4n) is 3.73. The monoisotopic (exact) mass is 419 g/mol. The van der Waals surface area contributed by atoms with Gasteiger partial charge in [0.2, 0.25) is 5.91 Å². The molecule has 0 saturated carbocycles. The quantitative estimate of drug-likeness (QED) is 0.341. The van der Waals surface area contributed by atoms with Crippen molar-refractivity contribution in [2.75, 3.05) is 13.2 Å². The van der Waals surface area contributed by atoms with Crippen molar-refractivity contribution in [3.8, 4) is 5.75 Å². The minimum Gasteiger partial charge on any atom is -0.493 e. The highest BCUT2D eigenvalue weighted by molar-refractivity contribution is 5.87. The molecule has 2 aromatic carbocycles. The third-order valence-electron chi connectivity index (χ3n) is 5.25. The van der Waals surface area contributed by atoms with Crippen molar-refractivity contribution in [2.45, 2.75) is 52.5 Å². The van der Waals surface area contributed by atoms with Crippen LogP contribution in [0.5, 0.6) is 5.75 Å². The minimum absolute atomic E-state index is 0.0465. The normalized spacial score (nSPS) is 11.5. The zero-order valence-corrected chi connectivity index (χ0v) is 18.8. The largest absolute Gasteiger partial charge is 0.493 e. The van der Waals surface area contributed by atoms with E-state index in [0.717, 1.165) is 48.4 Å². The van der Waals surface area contributed by atoms with Crippen molar-refractivity contribution in [3.05, 3.63) is 72.1 Å². The highest BCUT2D eigenvalue weighted by atomic mass is 16.5. The van der Waals surface area contributed by atoms with Gasteiger partial charge in [0.25, 0.3) is 0 Å². The van der Waals surface area contributed by atoms with Crippen molar-refractivity contribution < 1.29 is 9.53 Å². The first kappa shape index (κ1) is 22.6. The number of hydrogen-bond donors (Lipinski definition) is 1. The lowest BCUT2D eigenvalue weighted by Crippen LogP contribution is -2.22. The lowest BCUT2D eigenvalue weighted by atomic mass is 10.0. The van der Waals surface area contributed by atoms with Gasteiger partial charge in [-0.1, -0.05) is 50.3 Å². The third kappa shape index (κ3) is 6.20. The molecular weight excluding hydrogens is 386 g/mol. The van der Waals surface area contributed by atoms with Crippen LogP contribution in [0.1, 0.15) is 50.9 Å². The second-order valence-electron chi connectivity index (χ2n) is 7.96. The molecule has 0 spiro atoms. The van der Waals surface area contributed by atoms with Crippen LogP contribution in [0.4, 0.5) is 0 Å². The Morgan fingerprint density at radius 2 is 1.90 bits per heavy atom. The van der Waals surface area contributed by atoms with Crippen LogP contribution in [-0.2, 0) is 17.8 Å². The van der Waals surface area contributed by atoms with E-state index < -0.39 is 0 Å². The second-order valence-corrected chi connectivity index (χ2v) is 7.96. The molecule has 0 fully saturated rings. The number of hydrogen-bond acceptors (Lipinski definition) is 3. The number of ether oxygens (including phenoxy) is 1. The van der Waals surface area contributed by atoms with E-state index in [9.17, 15) is 4.79 Å². The molecule has 0 unspecified atom stereocenters. The average molecular weight is 420 g/mol. The first-order valence-electron chi connectivity index (χ1n) is 11.2. The number of rotatable bonds is 11. The third-order valence-corrected chi connectivity index (χ3v) is 5.25. The van der Waals surface area contributed by atoms with E-state index in [-0.39, 0.29) is 5.91 Å². The van der Waals surface area contributed by atoms with Gasteiger partial charge >= 0.3 is 0 Å². The van der Waals surface area contributed by atoms with Gasteiger partial charge in [-0.2, -0.15) is 0 Å².